The summed E-state index contributed by atoms with van der Waals surface area (Å²) in [7, 11) is 0. The van der Waals surface area contributed by atoms with E-state index in [-0.39, 0.29) is 12.0 Å². The third-order valence-corrected chi connectivity index (χ3v) is 5.31. The number of ether oxygens (including phenoxy) is 2. The fourth-order valence-corrected chi connectivity index (χ4v) is 3.46. The molecule has 1 unspecified atom stereocenters. The number of hydrogen-bond acceptors (Lipinski definition) is 4. The Labute approximate surface area is 174 Å². The first kappa shape index (κ1) is 21.3. The van der Waals surface area contributed by atoms with Crippen LogP contribution in [0, 0.1) is 0 Å². The molecule has 0 aromatic heterocycles. The predicted molar refractivity (Wildman–Crippen MR) is 117 cm³/mol. The third-order valence-electron chi connectivity index (χ3n) is 5.31. The Kier molecular flexibility index (Phi) is 7.67. The molecule has 1 saturated heterocycles. The maximum Gasteiger partial charge on any atom is 0.255 e. The lowest BCUT2D eigenvalue weighted by atomic mass is 10.1. The first-order valence-corrected chi connectivity index (χ1v) is 10.5. The van der Waals surface area contributed by atoms with E-state index in [4.69, 9.17) is 9.47 Å². The van der Waals surface area contributed by atoms with E-state index >= 15 is 0 Å². The van der Waals surface area contributed by atoms with Gasteiger partial charge >= 0.3 is 0 Å². The second-order valence-electron chi connectivity index (χ2n) is 7.78. The Bertz CT molecular complexity index is 766. The third kappa shape index (κ3) is 6.31. The van der Waals surface area contributed by atoms with Gasteiger partial charge in [0.15, 0.2) is 0 Å². The maximum absolute atomic E-state index is 12.5. The van der Waals surface area contributed by atoms with E-state index in [9.17, 15) is 4.79 Å². The molecule has 1 atom stereocenters. The molecule has 1 amide bonds. The van der Waals surface area contributed by atoms with Crippen LogP contribution in [0.25, 0.3) is 0 Å². The minimum absolute atomic E-state index is 0.110. The standard InChI is InChI=1S/C24H32N2O3/c1-4-26(18(2)3)16-19-7-9-20(10-8-19)24(27)25-21-11-13-22(14-12-21)29-17-23-6-5-15-28-23/h7-14,18,23H,4-6,15-17H2,1-3H3,(H,25,27). The minimum atomic E-state index is -0.110. The van der Waals surface area contributed by atoms with Crippen molar-refractivity contribution < 1.29 is 14.3 Å². The summed E-state index contributed by atoms with van der Waals surface area (Å²) in [5.41, 5.74) is 2.62. The van der Waals surface area contributed by atoms with Gasteiger partial charge in [-0.05, 0) is 75.2 Å². The van der Waals surface area contributed by atoms with Gasteiger partial charge in [-0.25, -0.2) is 0 Å². The van der Waals surface area contributed by atoms with Crippen LogP contribution in [-0.4, -0.2) is 42.7 Å². The number of nitrogens with zero attached hydrogens (tertiary/aromatic N) is 1. The van der Waals surface area contributed by atoms with Crippen molar-refractivity contribution in [2.24, 2.45) is 0 Å². The number of amides is 1. The highest BCUT2D eigenvalue weighted by Gasteiger charge is 2.16. The number of nitrogens with one attached hydrogen (secondary N) is 1. The number of carbonyl (C=O) groups excluding carboxylic acids is 1. The smallest absolute Gasteiger partial charge is 0.255 e. The average molecular weight is 397 g/mol. The summed E-state index contributed by atoms with van der Waals surface area (Å²) in [5, 5.41) is 2.94. The lowest BCUT2D eigenvalue weighted by Gasteiger charge is -2.24. The summed E-state index contributed by atoms with van der Waals surface area (Å²) >= 11 is 0. The van der Waals surface area contributed by atoms with Gasteiger partial charge in [0, 0.05) is 30.4 Å². The number of benzene rings is 2. The van der Waals surface area contributed by atoms with Crippen molar-refractivity contribution in [2.45, 2.75) is 52.3 Å². The van der Waals surface area contributed by atoms with Crippen molar-refractivity contribution >= 4 is 11.6 Å². The van der Waals surface area contributed by atoms with Gasteiger partial charge in [-0.2, -0.15) is 0 Å². The predicted octanol–water partition coefficient (Wildman–Crippen LogP) is 4.73. The molecule has 0 bridgehead atoms. The van der Waals surface area contributed by atoms with E-state index in [1.54, 1.807) is 0 Å². The zero-order valence-corrected chi connectivity index (χ0v) is 17.7. The van der Waals surface area contributed by atoms with E-state index in [2.05, 4.69) is 31.0 Å². The van der Waals surface area contributed by atoms with E-state index in [0.29, 0.717) is 18.2 Å². The molecule has 0 spiro atoms. The summed E-state index contributed by atoms with van der Waals surface area (Å²) in [6, 6.07) is 15.8. The molecule has 1 N–H and O–H groups in total. The lowest BCUT2D eigenvalue weighted by molar-refractivity contribution is 0.0679. The van der Waals surface area contributed by atoms with Gasteiger partial charge in [-0.15, -0.1) is 0 Å². The van der Waals surface area contributed by atoms with Crippen LogP contribution in [0.4, 0.5) is 5.69 Å². The molecule has 1 aliphatic heterocycles. The summed E-state index contributed by atoms with van der Waals surface area (Å²) in [6.07, 6.45) is 2.36. The molecule has 2 aromatic rings. The number of carbonyl (C=O) groups is 1. The molecule has 156 valence electrons. The fraction of sp³-hybridized carbons (Fsp3) is 0.458. The monoisotopic (exact) mass is 396 g/mol. The van der Waals surface area contributed by atoms with Gasteiger partial charge in [-0.1, -0.05) is 19.1 Å². The van der Waals surface area contributed by atoms with Crippen LogP contribution >= 0.6 is 0 Å². The van der Waals surface area contributed by atoms with Crippen molar-refractivity contribution in [2.75, 3.05) is 25.1 Å². The van der Waals surface area contributed by atoms with Crippen LogP contribution in [-0.2, 0) is 11.3 Å². The number of anilines is 1. The lowest BCUT2D eigenvalue weighted by Crippen LogP contribution is -2.29. The van der Waals surface area contributed by atoms with Crippen LogP contribution in [0.5, 0.6) is 5.75 Å². The molecule has 29 heavy (non-hydrogen) atoms. The van der Waals surface area contributed by atoms with Crippen LogP contribution in [0.3, 0.4) is 0 Å². The molecule has 1 fully saturated rings. The molecule has 5 heteroatoms. The Morgan fingerprint density at radius 3 is 2.48 bits per heavy atom. The van der Waals surface area contributed by atoms with Gasteiger partial charge in [0.05, 0.1) is 6.10 Å². The van der Waals surface area contributed by atoms with Gasteiger partial charge in [0.1, 0.15) is 12.4 Å². The average Bonchev–Trinajstić information content (AvgIpc) is 3.25. The van der Waals surface area contributed by atoms with E-state index < -0.39 is 0 Å². The number of rotatable bonds is 9. The topological polar surface area (TPSA) is 50.8 Å². The summed E-state index contributed by atoms with van der Waals surface area (Å²) in [4.78, 5) is 14.9. The highest BCUT2D eigenvalue weighted by molar-refractivity contribution is 6.04. The van der Waals surface area contributed by atoms with Crippen molar-refractivity contribution in [3.63, 3.8) is 0 Å². The molecule has 3 rings (SSSR count). The zero-order valence-electron chi connectivity index (χ0n) is 17.7. The Balaban J connectivity index is 1.51. The molecule has 1 heterocycles. The Morgan fingerprint density at radius 1 is 1.17 bits per heavy atom. The SMILES string of the molecule is CCN(Cc1ccc(C(=O)Nc2ccc(OCC3CCCO3)cc2)cc1)C(C)C. The Morgan fingerprint density at radius 2 is 1.90 bits per heavy atom. The van der Waals surface area contributed by atoms with Crippen LogP contribution < -0.4 is 10.1 Å². The highest BCUT2D eigenvalue weighted by atomic mass is 16.5. The molecule has 0 radical (unpaired) electrons. The molecular weight excluding hydrogens is 364 g/mol. The minimum Gasteiger partial charge on any atom is -0.491 e. The van der Waals surface area contributed by atoms with Crippen molar-refractivity contribution in [1.82, 2.24) is 4.90 Å². The van der Waals surface area contributed by atoms with Gasteiger partial charge in [-0.3, -0.25) is 9.69 Å². The molecule has 5 nitrogen and oxygen atoms in total. The number of hydrogen-bond donors (Lipinski definition) is 1. The second-order valence-corrected chi connectivity index (χ2v) is 7.78. The van der Waals surface area contributed by atoms with Crippen molar-refractivity contribution in [1.29, 1.82) is 0 Å². The van der Waals surface area contributed by atoms with Crippen LogP contribution in [0.15, 0.2) is 48.5 Å². The molecule has 0 saturated carbocycles. The van der Waals surface area contributed by atoms with Crippen LogP contribution in [0.2, 0.25) is 0 Å². The van der Waals surface area contributed by atoms with E-state index in [0.717, 1.165) is 44.0 Å². The summed E-state index contributed by atoms with van der Waals surface area (Å²) in [6.45, 7) is 9.87. The van der Waals surface area contributed by atoms with Gasteiger partial charge < -0.3 is 14.8 Å². The summed E-state index contributed by atoms with van der Waals surface area (Å²) in [5.74, 6) is 0.675. The van der Waals surface area contributed by atoms with E-state index in [1.165, 1.54) is 5.56 Å². The van der Waals surface area contributed by atoms with Gasteiger partial charge in [0.2, 0.25) is 0 Å². The summed E-state index contributed by atoms with van der Waals surface area (Å²) < 4.78 is 11.3. The second kappa shape index (κ2) is 10.4. The Hall–Kier alpha value is -2.37. The molecular formula is C24H32N2O3. The fourth-order valence-electron chi connectivity index (χ4n) is 3.46. The molecule has 0 aliphatic carbocycles. The quantitative estimate of drug-likeness (QED) is 0.666. The van der Waals surface area contributed by atoms with Crippen molar-refractivity contribution in [3.05, 3.63) is 59.7 Å². The van der Waals surface area contributed by atoms with Crippen molar-refractivity contribution in [3.8, 4) is 5.75 Å². The van der Waals surface area contributed by atoms with Crippen LogP contribution in [0.1, 0.15) is 49.5 Å². The normalized spacial score (nSPS) is 16.4. The zero-order chi connectivity index (χ0) is 20.6. The maximum atomic E-state index is 12.5. The first-order valence-electron chi connectivity index (χ1n) is 10.5. The molecule has 2 aromatic carbocycles. The largest absolute Gasteiger partial charge is 0.491 e. The van der Waals surface area contributed by atoms with E-state index in [1.807, 2.05) is 48.5 Å². The highest BCUT2D eigenvalue weighted by Crippen LogP contribution is 2.19. The molecule has 1 aliphatic rings. The van der Waals surface area contributed by atoms with Gasteiger partial charge in [0.25, 0.3) is 5.91 Å². The first-order chi connectivity index (χ1) is 14.0.